The van der Waals surface area contributed by atoms with Gasteiger partial charge in [0.1, 0.15) is 6.61 Å². The number of ether oxygens (including phenoxy) is 5. The van der Waals surface area contributed by atoms with Crippen LogP contribution in [0.25, 0.3) is 6.08 Å². The molecule has 232 valence electrons. The molecule has 0 spiro atoms. The van der Waals surface area contributed by atoms with Crippen LogP contribution in [0.4, 0.5) is 0 Å². The van der Waals surface area contributed by atoms with E-state index in [1.54, 1.807) is 56.3 Å². The summed E-state index contributed by atoms with van der Waals surface area (Å²) in [5, 5.41) is 1.02. The average Bonchev–Trinajstić information content (AvgIpc) is 3.60. The third kappa shape index (κ3) is 6.09. The van der Waals surface area contributed by atoms with Gasteiger partial charge in [-0.25, -0.2) is 9.79 Å². The second kappa shape index (κ2) is 12.9. The van der Waals surface area contributed by atoms with Gasteiger partial charge in [0.05, 0.1) is 40.0 Å². The van der Waals surface area contributed by atoms with Gasteiger partial charge in [-0.05, 0) is 83.4 Å². The molecule has 45 heavy (non-hydrogen) atoms. The van der Waals surface area contributed by atoms with Crippen molar-refractivity contribution >= 4 is 62.5 Å². The van der Waals surface area contributed by atoms with E-state index in [2.05, 4.69) is 20.9 Å². The fraction of sp³-hybridized carbons (Fsp3) is 0.219. The van der Waals surface area contributed by atoms with Crippen molar-refractivity contribution in [1.82, 2.24) is 4.57 Å². The Morgan fingerprint density at radius 1 is 1.16 bits per heavy atom. The lowest BCUT2D eigenvalue weighted by molar-refractivity contribution is -0.139. The maximum absolute atomic E-state index is 14.1. The third-order valence-corrected chi connectivity index (χ3v) is 9.32. The average molecular weight is 732 g/mol. The van der Waals surface area contributed by atoms with Crippen molar-refractivity contribution in [3.05, 3.63) is 111 Å². The number of thiazole rings is 1. The quantitative estimate of drug-likeness (QED) is 0.200. The minimum absolute atomic E-state index is 0.0961. The number of nitrogens with zero attached hydrogens (tertiary/aromatic N) is 2. The third-order valence-electron chi connectivity index (χ3n) is 7.17. The summed E-state index contributed by atoms with van der Waals surface area (Å²) in [5.41, 5.74) is 2.54. The molecule has 0 bridgehead atoms. The van der Waals surface area contributed by atoms with Crippen LogP contribution in [0.1, 0.15) is 36.6 Å². The molecule has 0 aliphatic carbocycles. The zero-order valence-corrected chi connectivity index (χ0v) is 28.1. The minimum Gasteiger partial charge on any atom is -0.493 e. The van der Waals surface area contributed by atoms with Crippen molar-refractivity contribution in [2.24, 2.45) is 4.99 Å². The second-order valence-electron chi connectivity index (χ2n) is 9.97. The zero-order chi connectivity index (χ0) is 31.8. The molecule has 3 heterocycles. The van der Waals surface area contributed by atoms with Crippen LogP contribution in [0.15, 0.2) is 74.1 Å². The summed E-state index contributed by atoms with van der Waals surface area (Å²) >= 11 is 17.1. The minimum atomic E-state index is -0.784. The molecule has 13 heteroatoms. The highest BCUT2D eigenvalue weighted by atomic mass is 79.9. The summed E-state index contributed by atoms with van der Waals surface area (Å²) in [6.45, 7) is 3.93. The number of halogens is 3. The van der Waals surface area contributed by atoms with Gasteiger partial charge in [0.25, 0.3) is 5.56 Å². The first-order chi connectivity index (χ1) is 21.7. The van der Waals surface area contributed by atoms with Crippen molar-refractivity contribution in [1.29, 1.82) is 0 Å². The lowest BCUT2D eigenvalue weighted by Crippen LogP contribution is -2.39. The number of carbonyl (C=O) groups excluding carboxylic acids is 1. The number of methoxy groups -OCH3 is 1. The highest BCUT2D eigenvalue weighted by Crippen LogP contribution is 2.39. The number of allylic oxidation sites excluding steroid dienone is 1. The molecular formula is C32H25BrCl2N2O7S. The summed E-state index contributed by atoms with van der Waals surface area (Å²) in [5.74, 6) is 1.50. The highest BCUT2D eigenvalue weighted by molar-refractivity contribution is 9.10. The van der Waals surface area contributed by atoms with Crippen molar-refractivity contribution in [3.8, 4) is 23.0 Å². The van der Waals surface area contributed by atoms with E-state index in [0.717, 1.165) is 5.56 Å². The SMILES string of the molecule is CCOC(=O)C1=C(C)N=c2s/c(=C\c3cc(Br)c(OCc4ccc(Cl)cc4Cl)c(OC)c3)c(=O)n2[C@@H]1c1ccc2c(c1)OCO2. The van der Waals surface area contributed by atoms with E-state index < -0.39 is 12.0 Å². The molecule has 9 nitrogen and oxygen atoms in total. The normalized spacial score (nSPS) is 15.5. The van der Waals surface area contributed by atoms with Crippen LogP contribution in [0.5, 0.6) is 23.0 Å². The molecule has 0 saturated carbocycles. The maximum Gasteiger partial charge on any atom is 0.338 e. The van der Waals surface area contributed by atoms with Crippen LogP contribution in [-0.2, 0) is 16.1 Å². The largest absolute Gasteiger partial charge is 0.493 e. The van der Waals surface area contributed by atoms with Crippen LogP contribution in [0, 0.1) is 0 Å². The fourth-order valence-electron chi connectivity index (χ4n) is 5.09. The summed E-state index contributed by atoms with van der Waals surface area (Å²) in [4.78, 5) is 32.3. The smallest absolute Gasteiger partial charge is 0.338 e. The van der Waals surface area contributed by atoms with Gasteiger partial charge in [0.2, 0.25) is 6.79 Å². The number of aromatic nitrogens is 1. The Morgan fingerprint density at radius 2 is 1.96 bits per heavy atom. The van der Waals surface area contributed by atoms with Crippen molar-refractivity contribution < 1.29 is 28.5 Å². The highest BCUT2D eigenvalue weighted by Gasteiger charge is 2.34. The Labute approximate surface area is 280 Å². The Morgan fingerprint density at radius 3 is 2.71 bits per heavy atom. The van der Waals surface area contributed by atoms with E-state index in [4.69, 9.17) is 46.9 Å². The van der Waals surface area contributed by atoms with Gasteiger partial charge in [-0.15, -0.1) is 0 Å². The van der Waals surface area contributed by atoms with Gasteiger partial charge in [0, 0.05) is 15.6 Å². The summed E-state index contributed by atoms with van der Waals surface area (Å²) in [7, 11) is 1.53. The first-order valence-electron chi connectivity index (χ1n) is 13.7. The van der Waals surface area contributed by atoms with Gasteiger partial charge >= 0.3 is 5.97 Å². The Balaban J connectivity index is 1.41. The number of rotatable bonds is 8. The van der Waals surface area contributed by atoms with Crippen molar-refractivity contribution in [3.63, 3.8) is 0 Å². The molecule has 2 aliphatic heterocycles. The number of hydrogen-bond donors (Lipinski definition) is 0. The number of fused-ring (bicyclic) bond motifs is 2. The first kappa shape index (κ1) is 31.2. The molecule has 1 aromatic heterocycles. The predicted molar refractivity (Wildman–Crippen MR) is 174 cm³/mol. The molecule has 0 saturated heterocycles. The van der Waals surface area contributed by atoms with E-state index >= 15 is 0 Å². The van der Waals surface area contributed by atoms with Gasteiger partial charge in [-0.3, -0.25) is 9.36 Å². The zero-order valence-electron chi connectivity index (χ0n) is 24.2. The van der Waals surface area contributed by atoms with Gasteiger partial charge < -0.3 is 23.7 Å². The van der Waals surface area contributed by atoms with Crippen LogP contribution >= 0.6 is 50.5 Å². The van der Waals surface area contributed by atoms with Gasteiger partial charge in [0.15, 0.2) is 27.8 Å². The fourth-order valence-corrected chi connectivity index (χ4v) is 7.18. The number of carbonyl (C=O) groups is 1. The topological polar surface area (TPSA) is 97.6 Å². The van der Waals surface area contributed by atoms with E-state index in [0.29, 0.717) is 63.7 Å². The van der Waals surface area contributed by atoms with Crippen molar-refractivity contribution in [2.75, 3.05) is 20.5 Å². The van der Waals surface area contributed by atoms with E-state index in [1.807, 2.05) is 12.1 Å². The Hall–Kier alpha value is -3.77. The molecule has 6 rings (SSSR count). The summed E-state index contributed by atoms with van der Waals surface area (Å²) in [6, 6.07) is 13.4. The van der Waals surface area contributed by atoms with Crippen LogP contribution in [0.3, 0.4) is 0 Å². The summed E-state index contributed by atoms with van der Waals surface area (Å²) < 4.78 is 30.7. The standard InChI is InChI=1S/C32H25BrCl2N2O7S/c1-4-41-31(39)27-16(2)36-32-37(28(27)18-6-8-23-24(12-18)44-15-43-23)30(38)26(45-32)11-17-9-21(33)29(25(10-17)40-3)42-14-19-5-7-20(34)13-22(19)35/h5-13,28H,4,14-15H2,1-3H3/b26-11-/t28-/m1/s1. The molecule has 1 atom stereocenters. The maximum atomic E-state index is 14.1. The molecular weight excluding hydrogens is 707 g/mol. The van der Waals surface area contributed by atoms with Crippen molar-refractivity contribution in [2.45, 2.75) is 26.5 Å². The van der Waals surface area contributed by atoms with E-state index in [-0.39, 0.29) is 31.1 Å². The van der Waals surface area contributed by atoms with Crippen LogP contribution in [0.2, 0.25) is 10.0 Å². The lowest BCUT2D eigenvalue weighted by Gasteiger charge is -2.24. The first-order valence-corrected chi connectivity index (χ1v) is 16.1. The molecule has 0 fully saturated rings. The summed E-state index contributed by atoms with van der Waals surface area (Å²) in [6.07, 6.45) is 1.75. The molecule has 0 N–H and O–H groups in total. The Kier molecular flexibility index (Phi) is 8.96. The van der Waals surface area contributed by atoms with Crippen LogP contribution < -0.4 is 33.8 Å². The second-order valence-corrected chi connectivity index (χ2v) is 12.7. The molecule has 0 unspecified atom stereocenters. The number of benzene rings is 3. The van der Waals surface area contributed by atoms with E-state index in [1.165, 1.54) is 23.0 Å². The molecule has 4 aromatic rings. The van der Waals surface area contributed by atoms with Gasteiger partial charge in [-0.2, -0.15) is 0 Å². The Bertz CT molecular complexity index is 2060. The molecule has 2 aliphatic rings. The van der Waals surface area contributed by atoms with Crippen LogP contribution in [-0.4, -0.2) is 31.0 Å². The number of esters is 1. The number of hydrogen-bond acceptors (Lipinski definition) is 9. The molecule has 0 amide bonds. The monoisotopic (exact) mass is 730 g/mol. The molecule has 3 aromatic carbocycles. The van der Waals surface area contributed by atoms with Gasteiger partial charge in [-0.1, -0.05) is 46.7 Å². The predicted octanol–water partition coefficient (Wildman–Crippen LogP) is 6.18. The lowest BCUT2D eigenvalue weighted by atomic mass is 9.95. The molecule has 0 radical (unpaired) electrons. The van der Waals surface area contributed by atoms with E-state index in [9.17, 15) is 9.59 Å².